The summed E-state index contributed by atoms with van der Waals surface area (Å²) in [5, 5.41) is 9.38. The lowest BCUT2D eigenvalue weighted by Gasteiger charge is -2.24. The molecule has 6 heteroatoms. The van der Waals surface area contributed by atoms with Crippen LogP contribution in [0.25, 0.3) is 0 Å². The Bertz CT molecular complexity index is 359. The second-order valence-corrected chi connectivity index (χ2v) is 5.54. The molecule has 0 radical (unpaired) electrons. The third-order valence-corrected chi connectivity index (χ3v) is 4.36. The Morgan fingerprint density at radius 1 is 1.25 bits per heavy atom. The van der Waals surface area contributed by atoms with Gasteiger partial charge in [0.1, 0.15) is 6.04 Å². The predicted molar refractivity (Wildman–Crippen MR) is 71.3 cm³/mol. The number of hydrogen-bond donors (Lipinski definition) is 1. The minimum atomic E-state index is -0.868. The molecule has 2 rings (SSSR count). The Balaban J connectivity index is 1.84. The standard InChI is InChI=1S/C14H23NO5/c1-19-7-8-20-6-5-12(16)15-9-10-3-2-4-11(10)13(15)14(17)18/h10-11,13H,2-9H2,1H3,(H,17,18). The van der Waals surface area contributed by atoms with Crippen molar-refractivity contribution in [2.45, 2.75) is 31.7 Å². The first-order chi connectivity index (χ1) is 9.65. The van der Waals surface area contributed by atoms with Gasteiger partial charge in [-0.2, -0.15) is 0 Å². The first kappa shape index (κ1) is 15.3. The van der Waals surface area contributed by atoms with Crippen molar-refractivity contribution in [1.29, 1.82) is 0 Å². The maximum Gasteiger partial charge on any atom is 0.326 e. The number of ether oxygens (including phenoxy) is 2. The van der Waals surface area contributed by atoms with Crippen LogP contribution in [0.2, 0.25) is 0 Å². The SMILES string of the molecule is COCCOCCC(=O)N1CC2CCCC2C1C(=O)O. The number of rotatable bonds is 7. The average molecular weight is 285 g/mol. The van der Waals surface area contributed by atoms with E-state index in [-0.39, 0.29) is 18.2 Å². The highest BCUT2D eigenvalue weighted by Crippen LogP contribution is 2.42. The molecule has 1 saturated carbocycles. The van der Waals surface area contributed by atoms with E-state index in [4.69, 9.17) is 9.47 Å². The zero-order chi connectivity index (χ0) is 14.5. The Labute approximate surface area is 119 Å². The fourth-order valence-corrected chi connectivity index (χ4v) is 3.43. The van der Waals surface area contributed by atoms with Gasteiger partial charge < -0.3 is 19.5 Å². The van der Waals surface area contributed by atoms with Crippen LogP contribution in [-0.2, 0) is 19.1 Å². The van der Waals surface area contributed by atoms with Crippen molar-refractivity contribution >= 4 is 11.9 Å². The molecule has 0 aromatic heterocycles. The summed E-state index contributed by atoms with van der Waals surface area (Å²) in [7, 11) is 1.59. The Morgan fingerprint density at radius 2 is 2.05 bits per heavy atom. The van der Waals surface area contributed by atoms with Crippen LogP contribution >= 0.6 is 0 Å². The molecule has 20 heavy (non-hydrogen) atoms. The van der Waals surface area contributed by atoms with Crippen LogP contribution in [0.15, 0.2) is 0 Å². The van der Waals surface area contributed by atoms with Gasteiger partial charge >= 0.3 is 5.97 Å². The van der Waals surface area contributed by atoms with E-state index in [2.05, 4.69) is 0 Å². The van der Waals surface area contributed by atoms with Gasteiger partial charge in [-0.15, -0.1) is 0 Å². The van der Waals surface area contributed by atoms with Crippen molar-refractivity contribution in [3.05, 3.63) is 0 Å². The lowest BCUT2D eigenvalue weighted by Crippen LogP contribution is -2.43. The van der Waals surface area contributed by atoms with Crippen molar-refractivity contribution in [3.63, 3.8) is 0 Å². The van der Waals surface area contributed by atoms with Crippen LogP contribution in [0.1, 0.15) is 25.7 Å². The molecule has 1 amide bonds. The second kappa shape index (κ2) is 7.04. The first-order valence-electron chi connectivity index (χ1n) is 7.24. The van der Waals surface area contributed by atoms with E-state index in [0.29, 0.717) is 32.3 Å². The third kappa shape index (κ3) is 3.30. The Morgan fingerprint density at radius 3 is 2.75 bits per heavy atom. The van der Waals surface area contributed by atoms with Gasteiger partial charge in [-0.1, -0.05) is 6.42 Å². The molecule has 0 aromatic carbocycles. The topological polar surface area (TPSA) is 76.1 Å². The summed E-state index contributed by atoms with van der Waals surface area (Å²) in [6.45, 7) is 1.87. The molecule has 0 spiro atoms. The molecule has 0 aromatic rings. The molecule has 1 aliphatic heterocycles. The van der Waals surface area contributed by atoms with Crippen molar-refractivity contribution in [2.24, 2.45) is 11.8 Å². The fourth-order valence-electron chi connectivity index (χ4n) is 3.43. The summed E-state index contributed by atoms with van der Waals surface area (Å²) in [4.78, 5) is 25.2. The number of carboxylic acids is 1. The third-order valence-electron chi connectivity index (χ3n) is 4.36. The minimum absolute atomic E-state index is 0.107. The number of amides is 1. The van der Waals surface area contributed by atoms with Crippen LogP contribution in [0.3, 0.4) is 0 Å². The molecule has 3 atom stereocenters. The fraction of sp³-hybridized carbons (Fsp3) is 0.857. The molecule has 1 aliphatic carbocycles. The summed E-state index contributed by atoms with van der Waals surface area (Å²) < 4.78 is 10.1. The van der Waals surface area contributed by atoms with E-state index >= 15 is 0 Å². The van der Waals surface area contributed by atoms with Gasteiger partial charge in [0.15, 0.2) is 0 Å². The molecule has 3 unspecified atom stereocenters. The number of likely N-dealkylation sites (tertiary alicyclic amines) is 1. The Kier molecular flexibility index (Phi) is 5.37. The zero-order valence-electron chi connectivity index (χ0n) is 11.9. The monoisotopic (exact) mass is 285 g/mol. The lowest BCUT2D eigenvalue weighted by molar-refractivity contribution is -0.150. The van der Waals surface area contributed by atoms with E-state index in [1.54, 1.807) is 12.0 Å². The molecule has 2 fully saturated rings. The molecular formula is C14H23NO5. The second-order valence-electron chi connectivity index (χ2n) is 5.54. The Hall–Kier alpha value is -1.14. The maximum absolute atomic E-state index is 12.2. The van der Waals surface area contributed by atoms with Crippen LogP contribution < -0.4 is 0 Å². The highest BCUT2D eigenvalue weighted by Gasteiger charge is 2.49. The van der Waals surface area contributed by atoms with Crippen LogP contribution in [0.5, 0.6) is 0 Å². The van der Waals surface area contributed by atoms with Gasteiger partial charge in [0, 0.05) is 13.7 Å². The van der Waals surface area contributed by atoms with E-state index in [9.17, 15) is 14.7 Å². The van der Waals surface area contributed by atoms with Gasteiger partial charge in [-0.05, 0) is 24.7 Å². The maximum atomic E-state index is 12.2. The van der Waals surface area contributed by atoms with E-state index in [0.717, 1.165) is 19.3 Å². The highest BCUT2D eigenvalue weighted by molar-refractivity contribution is 5.84. The number of fused-ring (bicyclic) bond motifs is 1. The molecule has 1 heterocycles. The predicted octanol–water partition coefficient (Wildman–Crippen LogP) is 0.751. The van der Waals surface area contributed by atoms with Gasteiger partial charge in [0.05, 0.1) is 26.2 Å². The number of carbonyl (C=O) groups excluding carboxylic acids is 1. The average Bonchev–Trinajstić information content (AvgIpc) is 2.97. The summed E-state index contributed by atoms with van der Waals surface area (Å²) in [6.07, 6.45) is 3.30. The van der Waals surface area contributed by atoms with Crippen molar-refractivity contribution in [1.82, 2.24) is 4.90 Å². The van der Waals surface area contributed by atoms with Gasteiger partial charge in [-0.3, -0.25) is 4.79 Å². The number of carboxylic acid groups (broad SMARTS) is 1. The minimum Gasteiger partial charge on any atom is -0.480 e. The number of carbonyl (C=O) groups is 2. The van der Waals surface area contributed by atoms with Gasteiger partial charge in [-0.25, -0.2) is 4.79 Å². The molecule has 6 nitrogen and oxygen atoms in total. The van der Waals surface area contributed by atoms with E-state index in [1.807, 2.05) is 0 Å². The van der Waals surface area contributed by atoms with Gasteiger partial charge in [0.2, 0.25) is 5.91 Å². The number of aliphatic carboxylic acids is 1. The summed E-state index contributed by atoms with van der Waals surface area (Å²) in [5.41, 5.74) is 0. The van der Waals surface area contributed by atoms with Gasteiger partial charge in [0.25, 0.3) is 0 Å². The quantitative estimate of drug-likeness (QED) is 0.699. The smallest absolute Gasteiger partial charge is 0.326 e. The largest absolute Gasteiger partial charge is 0.480 e. The molecule has 2 aliphatic rings. The van der Waals surface area contributed by atoms with Crippen molar-refractivity contribution in [2.75, 3.05) is 33.5 Å². The summed E-state index contributed by atoms with van der Waals surface area (Å²) >= 11 is 0. The van der Waals surface area contributed by atoms with E-state index in [1.165, 1.54) is 0 Å². The molecule has 114 valence electrons. The number of nitrogens with zero attached hydrogens (tertiary/aromatic N) is 1. The van der Waals surface area contributed by atoms with Crippen molar-refractivity contribution < 1.29 is 24.2 Å². The molecule has 1 N–H and O–H groups in total. The van der Waals surface area contributed by atoms with Crippen LogP contribution in [0.4, 0.5) is 0 Å². The lowest BCUT2D eigenvalue weighted by atomic mass is 9.94. The molecule has 0 bridgehead atoms. The molecular weight excluding hydrogens is 262 g/mol. The number of methoxy groups -OCH3 is 1. The zero-order valence-corrected chi connectivity index (χ0v) is 11.9. The highest BCUT2D eigenvalue weighted by atomic mass is 16.5. The summed E-state index contributed by atoms with van der Waals surface area (Å²) in [5.74, 6) is -0.461. The number of hydrogen-bond acceptors (Lipinski definition) is 4. The van der Waals surface area contributed by atoms with Crippen LogP contribution in [0, 0.1) is 11.8 Å². The van der Waals surface area contributed by atoms with E-state index < -0.39 is 12.0 Å². The molecule has 1 saturated heterocycles. The van der Waals surface area contributed by atoms with Crippen LogP contribution in [-0.4, -0.2) is 61.4 Å². The van der Waals surface area contributed by atoms with Crippen molar-refractivity contribution in [3.8, 4) is 0 Å². The summed E-state index contributed by atoms with van der Waals surface area (Å²) in [6, 6.07) is -0.631. The normalized spacial score (nSPS) is 28.6. The first-order valence-corrected chi connectivity index (χ1v) is 7.24.